The number of amides is 3. The average Bonchev–Trinajstić information content (AvgIpc) is 3.19. The summed E-state index contributed by atoms with van der Waals surface area (Å²) >= 11 is 0. The number of hydrogen-bond donors (Lipinski definition) is 6. The molecular formula is C23H26N8O7. The smallest absolute Gasteiger partial charge is 0.408 e. The molecule has 15 nitrogen and oxygen atoms in total. The minimum atomic E-state index is -1.46. The number of nitrogens with zero attached hydrogens (tertiary/aromatic N) is 3. The number of guanidine groups is 1. The van der Waals surface area contributed by atoms with Gasteiger partial charge in [-0.15, -0.1) is 5.10 Å². The highest BCUT2D eigenvalue weighted by atomic mass is 16.5. The molecule has 0 aliphatic carbocycles. The Bertz CT molecular complexity index is 1400. The van der Waals surface area contributed by atoms with Crippen molar-refractivity contribution >= 4 is 35.5 Å². The Morgan fingerprint density at radius 1 is 1.13 bits per heavy atom. The molecule has 0 aliphatic heterocycles. The van der Waals surface area contributed by atoms with Gasteiger partial charge in [0.05, 0.1) is 5.56 Å². The van der Waals surface area contributed by atoms with Gasteiger partial charge in [-0.05, 0) is 24.1 Å². The summed E-state index contributed by atoms with van der Waals surface area (Å²) in [6, 6.07) is 10.2. The van der Waals surface area contributed by atoms with Gasteiger partial charge in [-0.25, -0.2) is 23.5 Å². The average molecular weight is 527 g/mol. The van der Waals surface area contributed by atoms with Crippen LogP contribution in [0.3, 0.4) is 0 Å². The molecule has 0 aliphatic rings. The molecule has 0 saturated heterocycles. The van der Waals surface area contributed by atoms with Crippen LogP contribution >= 0.6 is 0 Å². The van der Waals surface area contributed by atoms with Crippen LogP contribution < -0.4 is 27.4 Å². The van der Waals surface area contributed by atoms with E-state index >= 15 is 0 Å². The lowest BCUT2D eigenvalue weighted by atomic mass is 10.2. The number of ether oxygens (including phenoxy) is 1. The quantitative estimate of drug-likeness (QED) is 0.138. The highest BCUT2D eigenvalue weighted by Crippen LogP contribution is 2.04. The number of fused-ring (bicyclic) bond motifs is 1. The van der Waals surface area contributed by atoms with Gasteiger partial charge < -0.3 is 26.2 Å². The van der Waals surface area contributed by atoms with Crippen LogP contribution in [0.5, 0.6) is 0 Å². The number of aliphatic carboxylic acids is 1. The molecule has 1 unspecified atom stereocenters. The zero-order valence-corrected chi connectivity index (χ0v) is 20.0. The summed E-state index contributed by atoms with van der Waals surface area (Å²) in [4.78, 5) is 60.3. The SMILES string of the molecule is N=C(N)NC(=O)CCCn1nc2ccc(C(=O)NCC(NC(=O)OCc3ccccc3)C(=O)O)cn2c1=O. The number of aromatic nitrogens is 3. The van der Waals surface area contributed by atoms with Crippen LogP contribution in [-0.4, -0.2) is 61.7 Å². The number of aryl methyl sites for hydroxylation is 1. The van der Waals surface area contributed by atoms with Crippen LogP contribution in [0.1, 0.15) is 28.8 Å². The molecular weight excluding hydrogens is 500 g/mol. The van der Waals surface area contributed by atoms with E-state index in [-0.39, 0.29) is 37.2 Å². The van der Waals surface area contributed by atoms with Gasteiger partial charge in [-0.2, -0.15) is 0 Å². The van der Waals surface area contributed by atoms with E-state index in [1.165, 1.54) is 18.3 Å². The Balaban J connectivity index is 1.56. The number of pyridine rings is 1. The first kappa shape index (κ1) is 27.4. The number of carbonyl (C=O) groups is 4. The highest BCUT2D eigenvalue weighted by molar-refractivity contribution is 5.95. The van der Waals surface area contributed by atoms with E-state index in [2.05, 4.69) is 21.0 Å². The van der Waals surface area contributed by atoms with Gasteiger partial charge in [0, 0.05) is 25.7 Å². The van der Waals surface area contributed by atoms with Crippen LogP contribution in [0.25, 0.3) is 5.65 Å². The summed E-state index contributed by atoms with van der Waals surface area (Å²) in [7, 11) is 0. The molecule has 1 atom stereocenters. The molecule has 15 heteroatoms. The number of hydrogen-bond acceptors (Lipinski definition) is 8. The summed E-state index contributed by atoms with van der Waals surface area (Å²) in [6.45, 7) is -0.387. The number of carbonyl (C=O) groups excluding carboxylic acids is 3. The molecule has 2 aromatic heterocycles. The zero-order chi connectivity index (χ0) is 27.7. The number of carboxylic acid groups (broad SMARTS) is 1. The monoisotopic (exact) mass is 526 g/mol. The standard InChI is InChI=1S/C23H26N8O7/c24-21(25)28-18(32)7-4-10-31-23(37)30-12-15(8-9-17(30)29-31)19(33)26-11-16(20(34)35)27-22(36)38-13-14-5-2-1-3-6-14/h1-3,5-6,8-9,12,16H,4,7,10-11,13H2,(H,26,33)(H,27,36)(H,34,35)(H4,24,25,28,32). The first-order valence-electron chi connectivity index (χ1n) is 11.4. The third-order valence-electron chi connectivity index (χ3n) is 5.16. The maximum absolute atomic E-state index is 12.6. The number of alkyl carbamates (subject to hydrolysis) is 1. The van der Waals surface area contributed by atoms with Crippen molar-refractivity contribution in [1.82, 2.24) is 30.1 Å². The molecule has 0 saturated carbocycles. The van der Waals surface area contributed by atoms with Gasteiger partial charge in [-0.3, -0.25) is 20.3 Å². The number of carboxylic acids is 1. The fourth-order valence-electron chi connectivity index (χ4n) is 3.30. The molecule has 3 aromatic rings. The number of nitrogens with one attached hydrogen (secondary N) is 4. The second-order valence-corrected chi connectivity index (χ2v) is 8.02. The van der Waals surface area contributed by atoms with Crippen molar-refractivity contribution in [1.29, 1.82) is 5.41 Å². The zero-order valence-electron chi connectivity index (χ0n) is 20.0. The summed E-state index contributed by atoms with van der Waals surface area (Å²) in [5, 5.41) is 27.3. The van der Waals surface area contributed by atoms with Gasteiger partial charge in [0.1, 0.15) is 12.6 Å². The molecule has 1 aromatic carbocycles. The van der Waals surface area contributed by atoms with Crippen LogP contribution in [-0.2, 0) is 27.5 Å². The van der Waals surface area contributed by atoms with Gasteiger partial charge in [0.2, 0.25) is 5.91 Å². The minimum Gasteiger partial charge on any atom is -0.480 e. The van der Waals surface area contributed by atoms with Crippen molar-refractivity contribution in [2.45, 2.75) is 32.0 Å². The maximum atomic E-state index is 12.6. The summed E-state index contributed by atoms with van der Waals surface area (Å²) in [6.07, 6.45) is 0.561. The first-order valence-corrected chi connectivity index (χ1v) is 11.4. The summed E-state index contributed by atoms with van der Waals surface area (Å²) in [5.41, 5.74) is 5.57. The molecule has 38 heavy (non-hydrogen) atoms. The van der Waals surface area contributed by atoms with Crippen molar-refractivity contribution in [3.05, 3.63) is 70.3 Å². The van der Waals surface area contributed by atoms with Gasteiger partial charge in [0.25, 0.3) is 5.91 Å². The van der Waals surface area contributed by atoms with Crippen molar-refractivity contribution in [2.24, 2.45) is 5.73 Å². The van der Waals surface area contributed by atoms with Crippen LogP contribution in [0.4, 0.5) is 4.79 Å². The van der Waals surface area contributed by atoms with E-state index in [0.717, 1.165) is 14.6 Å². The van der Waals surface area contributed by atoms with Crippen molar-refractivity contribution < 1.29 is 29.0 Å². The Labute approximate surface area is 215 Å². The highest BCUT2D eigenvalue weighted by Gasteiger charge is 2.22. The van der Waals surface area contributed by atoms with Crippen LogP contribution in [0.15, 0.2) is 53.5 Å². The lowest BCUT2D eigenvalue weighted by Crippen LogP contribution is -2.48. The Morgan fingerprint density at radius 3 is 2.55 bits per heavy atom. The van der Waals surface area contributed by atoms with Gasteiger partial charge in [-0.1, -0.05) is 30.3 Å². The molecule has 0 fully saturated rings. The fraction of sp³-hybridized carbons (Fsp3) is 0.261. The second kappa shape index (κ2) is 12.7. The van der Waals surface area contributed by atoms with Crippen molar-refractivity contribution in [3.63, 3.8) is 0 Å². The molecule has 7 N–H and O–H groups in total. The van der Waals surface area contributed by atoms with E-state index in [0.29, 0.717) is 0 Å². The molecule has 3 rings (SSSR count). The number of benzene rings is 1. The molecule has 0 spiro atoms. The van der Waals surface area contributed by atoms with E-state index < -0.39 is 48.1 Å². The van der Waals surface area contributed by atoms with E-state index in [4.69, 9.17) is 15.9 Å². The minimum absolute atomic E-state index is 0.0200. The molecule has 2 heterocycles. The Morgan fingerprint density at radius 2 is 1.87 bits per heavy atom. The Hall–Kier alpha value is -5.21. The summed E-state index contributed by atoms with van der Waals surface area (Å²) < 4.78 is 7.28. The molecule has 3 amide bonds. The lowest BCUT2D eigenvalue weighted by Gasteiger charge is -2.15. The third-order valence-corrected chi connectivity index (χ3v) is 5.16. The fourth-order valence-corrected chi connectivity index (χ4v) is 3.30. The maximum Gasteiger partial charge on any atom is 0.408 e. The van der Waals surface area contributed by atoms with Gasteiger partial charge >= 0.3 is 17.8 Å². The van der Waals surface area contributed by atoms with Crippen molar-refractivity contribution in [3.8, 4) is 0 Å². The van der Waals surface area contributed by atoms with Crippen LogP contribution in [0, 0.1) is 5.41 Å². The predicted octanol–water partition coefficient (Wildman–Crippen LogP) is -0.605. The predicted molar refractivity (Wildman–Crippen MR) is 132 cm³/mol. The third kappa shape index (κ3) is 7.64. The van der Waals surface area contributed by atoms with Crippen LogP contribution in [0.2, 0.25) is 0 Å². The molecule has 0 bridgehead atoms. The van der Waals surface area contributed by atoms with Gasteiger partial charge in [0.15, 0.2) is 11.6 Å². The first-order chi connectivity index (χ1) is 18.1. The van der Waals surface area contributed by atoms with E-state index in [9.17, 15) is 29.1 Å². The van der Waals surface area contributed by atoms with Crippen molar-refractivity contribution in [2.75, 3.05) is 6.54 Å². The normalized spacial score (nSPS) is 11.4. The summed E-state index contributed by atoms with van der Waals surface area (Å²) in [5.74, 6) is -3.00. The van der Waals surface area contributed by atoms with E-state index in [1.54, 1.807) is 30.3 Å². The largest absolute Gasteiger partial charge is 0.480 e. The molecule has 200 valence electrons. The topological polar surface area (TPSA) is 223 Å². The number of rotatable bonds is 11. The molecule has 0 radical (unpaired) electrons. The van der Waals surface area contributed by atoms with E-state index in [1.807, 2.05) is 0 Å². The Kier molecular flexibility index (Phi) is 9.12. The second-order valence-electron chi connectivity index (χ2n) is 8.02. The number of nitrogens with two attached hydrogens (primary N) is 1. The lowest BCUT2D eigenvalue weighted by molar-refractivity contribution is -0.139.